The Morgan fingerprint density at radius 1 is 1.50 bits per heavy atom. The first-order valence-electron chi connectivity index (χ1n) is 5.10. The highest BCUT2D eigenvalue weighted by molar-refractivity contribution is 9.10. The van der Waals surface area contributed by atoms with Crippen LogP contribution in [0.4, 0.5) is 4.39 Å². The first-order chi connectivity index (χ1) is 8.56. The SMILES string of the molecule is Cc1cc(COC(=O)c2cc(Br)ccc2F)on1. The fraction of sp³-hybridized carbons (Fsp3) is 0.167. The largest absolute Gasteiger partial charge is 0.454 e. The van der Waals surface area contributed by atoms with Gasteiger partial charge in [-0.2, -0.15) is 0 Å². The summed E-state index contributed by atoms with van der Waals surface area (Å²) < 4.78 is 23.8. The molecular formula is C12H9BrFNO3. The van der Waals surface area contributed by atoms with Crippen molar-refractivity contribution in [1.29, 1.82) is 0 Å². The van der Waals surface area contributed by atoms with E-state index in [0.29, 0.717) is 15.9 Å². The average Bonchev–Trinajstić information content (AvgIpc) is 2.75. The van der Waals surface area contributed by atoms with Gasteiger partial charge in [0.1, 0.15) is 5.82 Å². The number of carbonyl (C=O) groups is 1. The molecule has 1 heterocycles. The number of ether oxygens (including phenoxy) is 1. The van der Waals surface area contributed by atoms with Crippen molar-refractivity contribution in [3.63, 3.8) is 0 Å². The highest BCUT2D eigenvalue weighted by atomic mass is 79.9. The minimum Gasteiger partial charge on any atom is -0.454 e. The monoisotopic (exact) mass is 313 g/mol. The van der Waals surface area contributed by atoms with Crippen LogP contribution in [0.3, 0.4) is 0 Å². The van der Waals surface area contributed by atoms with Gasteiger partial charge in [-0.3, -0.25) is 0 Å². The summed E-state index contributed by atoms with van der Waals surface area (Å²) in [4.78, 5) is 11.7. The predicted octanol–water partition coefficient (Wildman–Crippen LogP) is 3.24. The second kappa shape index (κ2) is 5.30. The number of benzene rings is 1. The topological polar surface area (TPSA) is 52.3 Å². The van der Waals surface area contributed by atoms with Gasteiger partial charge in [-0.1, -0.05) is 21.1 Å². The summed E-state index contributed by atoms with van der Waals surface area (Å²) in [6.45, 7) is 1.68. The number of carbonyl (C=O) groups excluding carboxylic acids is 1. The molecule has 94 valence electrons. The summed E-state index contributed by atoms with van der Waals surface area (Å²) in [6, 6.07) is 5.71. The maximum absolute atomic E-state index is 13.4. The van der Waals surface area contributed by atoms with Gasteiger partial charge in [0.2, 0.25) is 0 Å². The first kappa shape index (κ1) is 12.8. The third-order valence-electron chi connectivity index (χ3n) is 2.17. The number of esters is 1. The molecule has 0 amide bonds. The third-order valence-corrected chi connectivity index (χ3v) is 2.66. The molecule has 0 aliphatic rings. The Kier molecular flexibility index (Phi) is 3.76. The van der Waals surface area contributed by atoms with Gasteiger partial charge in [0.15, 0.2) is 12.4 Å². The molecule has 1 aromatic heterocycles. The lowest BCUT2D eigenvalue weighted by Crippen LogP contribution is -2.07. The quantitative estimate of drug-likeness (QED) is 0.816. The molecule has 0 saturated carbocycles. The zero-order chi connectivity index (χ0) is 13.1. The van der Waals surface area contributed by atoms with Crippen molar-refractivity contribution in [2.45, 2.75) is 13.5 Å². The predicted molar refractivity (Wildman–Crippen MR) is 64.5 cm³/mol. The summed E-state index contributed by atoms with van der Waals surface area (Å²) >= 11 is 3.16. The smallest absolute Gasteiger partial charge is 0.341 e. The second-order valence-corrected chi connectivity index (χ2v) is 4.55. The highest BCUT2D eigenvalue weighted by Crippen LogP contribution is 2.17. The van der Waals surface area contributed by atoms with E-state index < -0.39 is 11.8 Å². The fourth-order valence-electron chi connectivity index (χ4n) is 1.35. The maximum atomic E-state index is 13.4. The van der Waals surface area contributed by atoms with E-state index in [9.17, 15) is 9.18 Å². The molecule has 0 fully saturated rings. The summed E-state index contributed by atoms with van der Waals surface area (Å²) in [5.41, 5.74) is 0.565. The van der Waals surface area contributed by atoms with Crippen LogP contribution in [0.15, 0.2) is 33.3 Å². The number of hydrogen-bond acceptors (Lipinski definition) is 4. The molecule has 0 bridgehead atoms. The Morgan fingerprint density at radius 3 is 2.94 bits per heavy atom. The van der Waals surface area contributed by atoms with Gasteiger partial charge < -0.3 is 9.26 Å². The molecule has 0 aliphatic heterocycles. The lowest BCUT2D eigenvalue weighted by atomic mass is 10.2. The minimum absolute atomic E-state index is 0.0778. The van der Waals surface area contributed by atoms with Gasteiger partial charge in [0.05, 0.1) is 11.3 Å². The van der Waals surface area contributed by atoms with Crippen LogP contribution in [0.2, 0.25) is 0 Å². The summed E-state index contributed by atoms with van der Waals surface area (Å²) in [7, 11) is 0. The Hall–Kier alpha value is -1.69. The van der Waals surface area contributed by atoms with Crippen LogP contribution in [-0.2, 0) is 11.3 Å². The first-order valence-corrected chi connectivity index (χ1v) is 5.90. The molecule has 1 aromatic carbocycles. The van der Waals surface area contributed by atoms with Crippen molar-refractivity contribution < 1.29 is 18.4 Å². The molecule has 6 heteroatoms. The van der Waals surface area contributed by atoms with Gasteiger partial charge >= 0.3 is 5.97 Å². The highest BCUT2D eigenvalue weighted by Gasteiger charge is 2.14. The van der Waals surface area contributed by atoms with Crippen LogP contribution < -0.4 is 0 Å². The average molecular weight is 314 g/mol. The second-order valence-electron chi connectivity index (χ2n) is 3.63. The van der Waals surface area contributed by atoms with Gasteiger partial charge in [-0.05, 0) is 25.1 Å². The Morgan fingerprint density at radius 2 is 2.28 bits per heavy atom. The van der Waals surface area contributed by atoms with Crippen LogP contribution in [0.25, 0.3) is 0 Å². The van der Waals surface area contributed by atoms with Crippen molar-refractivity contribution in [2.24, 2.45) is 0 Å². The zero-order valence-electron chi connectivity index (χ0n) is 9.44. The van der Waals surface area contributed by atoms with Gasteiger partial charge in [0.25, 0.3) is 0 Å². The van der Waals surface area contributed by atoms with Crippen molar-refractivity contribution >= 4 is 21.9 Å². The molecule has 0 N–H and O–H groups in total. The maximum Gasteiger partial charge on any atom is 0.341 e. The molecule has 2 rings (SSSR count). The Labute approximate surface area is 111 Å². The number of aromatic nitrogens is 1. The van der Waals surface area contributed by atoms with Crippen LogP contribution >= 0.6 is 15.9 Å². The molecule has 18 heavy (non-hydrogen) atoms. The molecule has 0 radical (unpaired) electrons. The minimum atomic E-state index is -0.747. The van der Waals surface area contributed by atoms with Crippen LogP contribution in [0.5, 0.6) is 0 Å². The lowest BCUT2D eigenvalue weighted by Gasteiger charge is -2.04. The van der Waals surface area contributed by atoms with E-state index in [1.54, 1.807) is 13.0 Å². The molecule has 0 atom stereocenters. The van der Waals surface area contributed by atoms with E-state index in [1.807, 2.05) is 0 Å². The fourth-order valence-corrected chi connectivity index (χ4v) is 1.71. The normalized spacial score (nSPS) is 10.4. The molecule has 4 nitrogen and oxygen atoms in total. The lowest BCUT2D eigenvalue weighted by molar-refractivity contribution is 0.0432. The molecule has 0 spiro atoms. The van der Waals surface area contributed by atoms with Crippen molar-refractivity contribution in [2.75, 3.05) is 0 Å². The number of rotatable bonds is 3. The van der Waals surface area contributed by atoms with Gasteiger partial charge in [-0.15, -0.1) is 0 Å². The standard InChI is InChI=1S/C12H9BrFNO3/c1-7-4-9(18-15-7)6-17-12(16)10-5-8(13)2-3-11(10)14/h2-5H,6H2,1H3. The summed E-state index contributed by atoms with van der Waals surface area (Å²) in [6.07, 6.45) is 0. The molecular weight excluding hydrogens is 305 g/mol. The summed E-state index contributed by atoms with van der Waals surface area (Å²) in [5, 5.41) is 3.65. The van der Waals surface area contributed by atoms with Gasteiger partial charge in [0, 0.05) is 10.5 Å². The molecule has 0 aliphatic carbocycles. The van der Waals surface area contributed by atoms with E-state index in [2.05, 4.69) is 21.1 Å². The number of hydrogen-bond donors (Lipinski definition) is 0. The summed E-state index contributed by atoms with van der Waals surface area (Å²) in [5.74, 6) is -0.962. The van der Waals surface area contributed by atoms with Gasteiger partial charge in [-0.25, -0.2) is 9.18 Å². The van der Waals surface area contributed by atoms with E-state index in [1.165, 1.54) is 18.2 Å². The molecule has 2 aromatic rings. The third kappa shape index (κ3) is 2.95. The Balaban J connectivity index is 2.05. The van der Waals surface area contributed by atoms with Crippen molar-refractivity contribution in [1.82, 2.24) is 5.16 Å². The van der Waals surface area contributed by atoms with E-state index in [4.69, 9.17) is 9.26 Å². The number of aryl methyl sites for hydroxylation is 1. The number of halogens is 2. The molecule has 0 unspecified atom stereocenters. The van der Waals surface area contributed by atoms with Crippen LogP contribution in [0.1, 0.15) is 21.8 Å². The zero-order valence-corrected chi connectivity index (χ0v) is 11.0. The van der Waals surface area contributed by atoms with Crippen molar-refractivity contribution in [3.8, 4) is 0 Å². The molecule has 0 saturated heterocycles. The van der Waals surface area contributed by atoms with Crippen molar-refractivity contribution in [3.05, 3.63) is 51.6 Å². The van der Waals surface area contributed by atoms with E-state index >= 15 is 0 Å². The Bertz CT molecular complexity index is 582. The van der Waals surface area contributed by atoms with Crippen LogP contribution in [-0.4, -0.2) is 11.1 Å². The van der Waals surface area contributed by atoms with E-state index in [-0.39, 0.29) is 12.2 Å². The number of nitrogens with zero attached hydrogens (tertiary/aromatic N) is 1. The van der Waals surface area contributed by atoms with E-state index in [0.717, 1.165) is 0 Å². The van der Waals surface area contributed by atoms with Crippen LogP contribution in [0, 0.1) is 12.7 Å².